The predicted molar refractivity (Wildman–Crippen MR) is 85.3 cm³/mol. The van der Waals surface area contributed by atoms with Gasteiger partial charge in [0.1, 0.15) is 0 Å². The van der Waals surface area contributed by atoms with Crippen molar-refractivity contribution in [3.8, 4) is 6.07 Å². The van der Waals surface area contributed by atoms with Crippen molar-refractivity contribution in [3.05, 3.63) is 70.8 Å². The third-order valence-corrected chi connectivity index (χ3v) is 4.09. The zero-order valence-corrected chi connectivity index (χ0v) is 12.5. The highest BCUT2D eigenvalue weighted by Crippen LogP contribution is 2.41. The first-order valence-corrected chi connectivity index (χ1v) is 7.55. The van der Waals surface area contributed by atoms with E-state index in [1.165, 1.54) is 5.56 Å². The lowest BCUT2D eigenvalue weighted by molar-refractivity contribution is 0.0931. The maximum absolute atomic E-state index is 12.4. The van der Waals surface area contributed by atoms with Gasteiger partial charge in [-0.3, -0.25) is 4.79 Å². The van der Waals surface area contributed by atoms with Crippen molar-refractivity contribution in [2.45, 2.75) is 25.8 Å². The number of nitrogens with one attached hydrogen (secondary N) is 1. The van der Waals surface area contributed by atoms with Crippen LogP contribution in [0.1, 0.15) is 45.9 Å². The zero-order valence-electron chi connectivity index (χ0n) is 12.5. The number of hydrogen-bond donors (Lipinski definition) is 1. The lowest BCUT2D eigenvalue weighted by Crippen LogP contribution is -2.29. The van der Waals surface area contributed by atoms with Gasteiger partial charge >= 0.3 is 0 Å². The Labute approximate surface area is 130 Å². The molecule has 22 heavy (non-hydrogen) atoms. The Balaban J connectivity index is 1.77. The van der Waals surface area contributed by atoms with Gasteiger partial charge < -0.3 is 5.32 Å². The van der Waals surface area contributed by atoms with Crippen molar-refractivity contribution in [1.82, 2.24) is 5.32 Å². The molecule has 0 radical (unpaired) electrons. The number of aryl methyl sites for hydroxylation is 1. The van der Waals surface area contributed by atoms with Gasteiger partial charge in [-0.05, 0) is 55.5 Å². The molecule has 0 spiro atoms. The van der Waals surface area contributed by atoms with Crippen molar-refractivity contribution in [2.24, 2.45) is 5.92 Å². The second-order valence-corrected chi connectivity index (χ2v) is 5.89. The summed E-state index contributed by atoms with van der Waals surface area (Å²) in [5.41, 5.74) is 3.54. The van der Waals surface area contributed by atoms with E-state index in [2.05, 4.69) is 42.6 Å². The second-order valence-electron chi connectivity index (χ2n) is 5.89. The van der Waals surface area contributed by atoms with Gasteiger partial charge in [-0.25, -0.2) is 0 Å². The molecular formula is C19H18N2O. The molecule has 1 aliphatic carbocycles. The monoisotopic (exact) mass is 290 g/mol. The van der Waals surface area contributed by atoms with Gasteiger partial charge in [-0.2, -0.15) is 5.26 Å². The molecule has 1 N–H and O–H groups in total. The molecular weight excluding hydrogens is 272 g/mol. The molecule has 0 saturated heterocycles. The van der Waals surface area contributed by atoms with Crippen molar-refractivity contribution < 1.29 is 4.79 Å². The van der Waals surface area contributed by atoms with E-state index in [1.54, 1.807) is 24.3 Å². The van der Waals surface area contributed by atoms with Crippen LogP contribution in [0.25, 0.3) is 0 Å². The highest BCUT2D eigenvalue weighted by molar-refractivity contribution is 5.94. The molecule has 3 nitrogen and oxygen atoms in total. The first-order chi connectivity index (χ1) is 10.7. The Morgan fingerprint density at radius 2 is 1.77 bits per heavy atom. The van der Waals surface area contributed by atoms with Gasteiger partial charge in [0.05, 0.1) is 17.7 Å². The van der Waals surface area contributed by atoms with Crippen LogP contribution in [0.4, 0.5) is 0 Å². The third-order valence-electron chi connectivity index (χ3n) is 4.09. The smallest absolute Gasteiger partial charge is 0.251 e. The number of nitriles is 1. The van der Waals surface area contributed by atoms with Crippen molar-refractivity contribution in [1.29, 1.82) is 5.26 Å². The van der Waals surface area contributed by atoms with Gasteiger partial charge in [0, 0.05) is 5.56 Å². The molecule has 1 amide bonds. The molecule has 3 heteroatoms. The van der Waals surface area contributed by atoms with Gasteiger partial charge in [0.15, 0.2) is 0 Å². The van der Waals surface area contributed by atoms with Crippen LogP contribution in [0, 0.1) is 24.2 Å². The lowest BCUT2D eigenvalue weighted by atomic mass is 10.0. The van der Waals surface area contributed by atoms with Crippen LogP contribution in [0.5, 0.6) is 0 Å². The summed E-state index contributed by atoms with van der Waals surface area (Å²) in [4.78, 5) is 12.4. The van der Waals surface area contributed by atoms with Crippen LogP contribution in [0.15, 0.2) is 48.5 Å². The van der Waals surface area contributed by atoms with E-state index in [0.29, 0.717) is 17.0 Å². The van der Waals surface area contributed by atoms with E-state index < -0.39 is 0 Å². The highest BCUT2D eigenvalue weighted by atomic mass is 16.1. The normalized spacial score (nSPS) is 14.9. The number of benzene rings is 2. The minimum absolute atomic E-state index is 0.0729. The number of carbonyl (C=O) groups excluding carboxylic acids is 1. The van der Waals surface area contributed by atoms with Gasteiger partial charge in [0.25, 0.3) is 5.91 Å². The van der Waals surface area contributed by atoms with E-state index in [1.807, 2.05) is 0 Å². The van der Waals surface area contributed by atoms with Gasteiger partial charge in [-0.1, -0.05) is 29.8 Å². The molecule has 1 atom stereocenters. The van der Waals surface area contributed by atoms with Crippen LogP contribution >= 0.6 is 0 Å². The van der Waals surface area contributed by atoms with E-state index >= 15 is 0 Å². The topological polar surface area (TPSA) is 52.9 Å². The molecule has 0 bridgehead atoms. The average molecular weight is 290 g/mol. The number of amides is 1. The molecule has 3 rings (SSSR count). The minimum Gasteiger partial charge on any atom is -0.345 e. The maximum Gasteiger partial charge on any atom is 0.251 e. The molecule has 110 valence electrons. The number of carbonyl (C=O) groups is 1. The fourth-order valence-electron chi connectivity index (χ4n) is 2.60. The largest absolute Gasteiger partial charge is 0.345 e. The fraction of sp³-hybridized carbons (Fsp3) is 0.263. The molecule has 2 aromatic carbocycles. The Hall–Kier alpha value is -2.60. The summed E-state index contributed by atoms with van der Waals surface area (Å²) in [5.74, 6) is 0.451. The summed E-state index contributed by atoms with van der Waals surface area (Å²) in [5, 5.41) is 12.0. The Morgan fingerprint density at radius 3 is 2.32 bits per heavy atom. The summed E-state index contributed by atoms with van der Waals surface area (Å²) in [6, 6.07) is 17.2. The van der Waals surface area contributed by atoms with Crippen molar-refractivity contribution in [3.63, 3.8) is 0 Å². The number of nitrogens with zero attached hydrogens (tertiary/aromatic N) is 1. The van der Waals surface area contributed by atoms with Gasteiger partial charge in [-0.15, -0.1) is 0 Å². The number of rotatable bonds is 4. The van der Waals surface area contributed by atoms with Crippen molar-refractivity contribution in [2.75, 3.05) is 0 Å². The van der Waals surface area contributed by atoms with Crippen LogP contribution < -0.4 is 5.32 Å². The van der Waals surface area contributed by atoms with Crippen LogP contribution in [-0.4, -0.2) is 5.91 Å². The van der Waals surface area contributed by atoms with Crippen molar-refractivity contribution >= 4 is 5.91 Å². The molecule has 2 aromatic rings. The first-order valence-electron chi connectivity index (χ1n) is 7.55. The predicted octanol–water partition coefficient (Wildman–Crippen LogP) is 3.75. The lowest BCUT2D eigenvalue weighted by Gasteiger charge is -2.19. The molecule has 0 aliphatic heterocycles. The first kappa shape index (κ1) is 14.3. The molecule has 1 aliphatic rings. The van der Waals surface area contributed by atoms with E-state index in [0.717, 1.165) is 18.4 Å². The van der Waals surface area contributed by atoms with E-state index in [-0.39, 0.29) is 11.9 Å². The highest BCUT2D eigenvalue weighted by Gasteiger charge is 2.33. The minimum atomic E-state index is -0.0815. The number of hydrogen-bond acceptors (Lipinski definition) is 2. The van der Waals surface area contributed by atoms with Crippen LogP contribution in [0.2, 0.25) is 0 Å². The molecule has 0 heterocycles. The standard InChI is InChI=1S/C19H18N2O/c1-13-2-6-15(7-3-13)18(16-10-11-16)21-19(22)17-8-4-14(12-20)5-9-17/h2-9,16,18H,10-11H2,1H3,(H,21,22)/t18-/m0/s1. The SMILES string of the molecule is Cc1ccc([C@H](NC(=O)c2ccc(C#N)cc2)C2CC2)cc1. The summed E-state index contributed by atoms with van der Waals surface area (Å²) >= 11 is 0. The van der Waals surface area contributed by atoms with E-state index in [9.17, 15) is 4.79 Å². The average Bonchev–Trinajstić information content (AvgIpc) is 3.38. The Morgan fingerprint density at radius 1 is 1.14 bits per heavy atom. The summed E-state index contributed by atoms with van der Waals surface area (Å²) in [6.45, 7) is 2.06. The summed E-state index contributed by atoms with van der Waals surface area (Å²) in [7, 11) is 0. The quantitative estimate of drug-likeness (QED) is 0.932. The fourth-order valence-corrected chi connectivity index (χ4v) is 2.60. The molecule has 0 unspecified atom stereocenters. The van der Waals surface area contributed by atoms with Gasteiger partial charge in [0.2, 0.25) is 0 Å². The van der Waals surface area contributed by atoms with Crippen LogP contribution in [-0.2, 0) is 0 Å². The Kier molecular flexibility index (Phi) is 3.93. The molecule has 0 aromatic heterocycles. The van der Waals surface area contributed by atoms with Crippen LogP contribution in [0.3, 0.4) is 0 Å². The van der Waals surface area contributed by atoms with E-state index in [4.69, 9.17) is 5.26 Å². The molecule has 1 fully saturated rings. The summed E-state index contributed by atoms with van der Waals surface area (Å²) in [6.07, 6.45) is 2.32. The maximum atomic E-state index is 12.4. The Bertz CT molecular complexity index is 707. The zero-order chi connectivity index (χ0) is 15.5. The molecule has 1 saturated carbocycles. The third kappa shape index (κ3) is 3.17. The second kappa shape index (κ2) is 6.03. The summed E-state index contributed by atoms with van der Waals surface area (Å²) < 4.78 is 0.